The SMILES string of the molecule is NC1C(=S)Nc2ccc(-c3ccccc3)cc2C1c1ccccc1. The molecule has 2 unspecified atom stereocenters. The predicted octanol–water partition coefficient (Wildman–Crippen LogP) is 4.57. The smallest absolute Gasteiger partial charge is 0.0977 e. The lowest BCUT2D eigenvalue weighted by atomic mass is 9.81. The number of fused-ring (bicyclic) bond motifs is 1. The van der Waals surface area contributed by atoms with Crippen LogP contribution in [0, 0.1) is 0 Å². The van der Waals surface area contributed by atoms with Crippen LogP contribution in [0.5, 0.6) is 0 Å². The number of thiocarbonyl (C=S) groups is 1. The fourth-order valence-corrected chi connectivity index (χ4v) is 3.60. The second-order valence-electron chi connectivity index (χ2n) is 6.07. The summed E-state index contributed by atoms with van der Waals surface area (Å²) in [7, 11) is 0. The highest BCUT2D eigenvalue weighted by atomic mass is 32.1. The van der Waals surface area contributed by atoms with Crippen molar-refractivity contribution >= 4 is 22.9 Å². The van der Waals surface area contributed by atoms with Gasteiger partial charge in [0, 0.05) is 11.6 Å². The molecular formula is C21H18N2S. The van der Waals surface area contributed by atoms with Gasteiger partial charge in [0.2, 0.25) is 0 Å². The fraction of sp³-hybridized carbons (Fsp3) is 0.0952. The molecule has 118 valence electrons. The molecule has 0 saturated carbocycles. The monoisotopic (exact) mass is 330 g/mol. The summed E-state index contributed by atoms with van der Waals surface area (Å²) in [6, 6.07) is 27.0. The molecule has 0 bridgehead atoms. The van der Waals surface area contributed by atoms with Gasteiger partial charge >= 0.3 is 0 Å². The molecule has 1 heterocycles. The van der Waals surface area contributed by atoms with Crippen molar-refractivity contribution < 1.29 is 0 Å². The lowest BCUT2D eigenvalue weighted by Gasteiger charge is -2.33. The van der Waals surface area contributed by atoms with E-state index in [0.717, 1.165) is 5.69 Å². The van der Waals surface area contributed by atoms with E-state index in [9.17, 15) is 0 Å². The maximum absolute atomic E-state index is 6.45. The number of hydrogen-bond acceptors (Lipinski definition) is 2. The molecule has 1 aliphatic heterocycles. The van der Waals surface area contributed by atoms with E-state index in [4.69, 9.17) is 18.0 Å². The van der Waals surface area contributed by atoms with E-state index in [1.807, 2.05) is 24.3 Å². The van der Waals surface area contributed by atoms with Crippen molar-refractivity contribution in [1.29, 1.82) is 0 Å². The summed E-state index contributed by atoms with van der Waals surface area (Å²) in [6.07, 6.45) is 0. The summed E-state index contributed by atoms with van der Waals surface area (Å²) in [5.74, 6) is 0.0682. The maximum Gasteiger partial charge on any atom is 0.0977 e. The molecule has 2 nitrogen and oxygen atoms in total. The first-order chi connectivity index (χ1) is 11.7. The zero-order valence-electron chi connectivity index (χ0n) is 13.1. The highest BCUT2D eigenvalue weighted by Gasteiger charge is 2.32. The molecule has 0 aromatic heterocycles. The van der Waals surface area contributed by atoms with E-state index in [1.54, 1.807) is 0 Å². The van der Waals surface area contributed by atoms with Gasteiger partial charge in [0.25, 0.3) is 0 Å². The van der Waals surface area contributed by atoms with E-state index < -0.39 is 0 Å². The first kappa shape index (κ1) is 15.1. The molecule has 3 aromatic rings. The van der Waals surface area contributed by atoms with Crippen molar-refractivity contribution in [3.63, 3.8) is 0 Å². The van der Waals surface area contributed by atoms with Crippen LogP contribution >= 0.6 is 12.2 Å². The van der Waals surface area contributed by atoms with Crippen molar-refractivity contribution in [3.8, 4) is 11.1 Å². The molecule has 0 amide bonds. The average molecular weight is 330 g/mol. The van der Waals surface area contributed by atoms with Gasteiger partial charge in [-0.3, -0.25) is 0 Å². The van der Waals surface area contributed by atoms with Crippen molar-refractivity contribution in [3.05, 3.63) is 90.0 Å². The molecule has 3 N–H and O–H groups in total. The maximum atomic E-state index is 6.45. The molecule has 1 aliphatic rings. The van der Waals surface area contributed by atoms with Crippen LogP contribution in [0.15, 0.2) is 78.9 Å². The first-order valence-corrected chi connectivity index (χ1v) is 8.45. The molecule has 0 aliphatic carbocycles. The molecule has 24 heavy (non-hydrogen) atoms. The molecule has 0 radical (unpaired) electrons. The molecule has 2 atom stereocenters. The van der Waals surface area contributed by atoms with Gasteiger partial charge in [-0.15, -0.1) is 0 Å². The fourth-order valence-electron chi connectivity index (χ4n) is 3.35. The lowest BCUT2D eigenvalue weighted by Crippen LogP contribution is -2.43. The quantitative estimate of drug-likeness (QED) is 0.676. The molecular weight excluding hydrogens is 312 g/mol. The van der Waals surface area contributed by atoms with Crippen LogP contribution < -0.4 is 11.1 Å². The summed E-state index contributed by atoms with van der Waals surface area (Å²) < 4.78 is 0. The largest absolute Gasteiger partial charge is 0.348 e. The number of nitrogens with two attached hydrogens (primary N) is 1. The van der Waals surface area contributed by atoms with Crippen molar-refractivity contribution in [2.45, 2.75) is 12.0 Å². The zero-order chi connectivity index (χ0) is 16.5. The molecule has 3 aromatic carbocycles. The highest BCUT2D eigenvalue weighted by Crippen LogP contribution is 2.39. The molecule has 0 fully saturated rings. The Morgan fingerprint density at radius 1 is 0.792 bits per heavy atom. The Hall–Kier alpha value is -2.49. The summed E-state index contributed by atoms with van der Waals surface area (Å²) >= 11 is 5.47. The molecule has 0 spiro atoms. The Balaban J connectivity index is 1.87. The van der Waals surface area contributed by atoms with Crippen molar-refractivity contribution in [2.24, 2.45) is 5.73 Å². The Morgan fingerprint density at radius 2 is 1.46 bits per heavy atom. The molecule has 3 heteroatoms. The third-order valence-corrected chi connectivity index (χ3v) is 4.95. The Bertz CT molecular complexity index is 875. The van der Waals surface area contributed by atoms with Crippen molar-refractivity contribution in [2.75, 3.05) is 5.32 Å². The number of nitrogens with one attached hydrogen (secondary N) is 1. The van der Waals surface area contributed by atoms with E-state index in [0.29, 0.717) is 4.99 Å². The van der Waals surface area contributed by atoms with Gasteiger partial charge in [-0.2, -0.15) is 0 Å². The summed E-state index contributed by atoms with van der Waals surface area (Å²) in [4.78, 5) is 0.698. The van der Waals surface area contributed by atoms with Crippen molar-refractivity contribution in [1.82, 2.24) is 0 Å². The number of anilines is 1. The van der Waals surface area contributed by atoms with E-state index in [2.05, 4.69) is 59.9 Å². The minimum Gasteiger partial charge on any atom is -0.348 e. The summed E-state index contributed by atoms with van der Waals surface area (Å²) in [5.41, 5.74) is 12.3. The van der Waals surface area contributed by atoms with E-state index in [1.165, 1.54) is 22.3 Å². The third kappa shape index (κ3) is 2.62. The number of rotatable bonds is 2. The highest BCUT2D eigenvalue weighted by molar-refractivity contribution is 7.80. The second-order valence-corrected chi connectivity index (χ2v) is 6.51. The second kappa shape index (κ2) is 6.19. The Morgan fingerprint density at radius 3 is 2.17 bits per heavy atom. The van der Waals surface area contributed by atoms with Crippen LogP contribution in [0.2, 0.25) is 0 Å². The minimum absolute atomic E-state index is 0.0682. The number of hydrogen-bond donors (Lipinski definition) is 2. The first-order valence-electron chi connectivity index (χ1n) is 8.05. The Labute approximate surface area is 147 Å². The van der Waals surface area contributed by atoms with Crippen LogP contribution in [0.4, 0.5) is 5.69 Å². The van der Waals surface area contributed by atoms with Gasteiger partial charge in [0.1, 0.15) is 0 Å². The minimum atomic E-state index is -0.221. The molecule has 4 rings (SSSR count). The van der Waals surface area contributed by atoms with Gasteiger partial charge in [0.15, 0.2) is 0 Å². The number of benzene rings is 3. The van der Waals surface area contributed by atoms with Crippen LogP contribution in [0.3, 0.4) is 0 Å². The molecule has 0 saturated heterocycles. The van der Waals surface area contributed by atoms with Crippen LogP contribution in [0.25, 0.3) is 11.1 Å². The third-order valence-electron chi connectivity index (χ3n) is 4.57. The van der Waals surface area contributed by atoms with Gasteiger partial charge in [-0.1, -0.05) is 78.9 Å². The Kier molecular flexibility index (Phi) is 3.89. The van der Waals surface area contributed by atoms with Gasteiger partial charge in [-0.25, -0.2) is 0 Å². The van der Waals surface area contributed by atoms with Gasteiger partial charge in [-0.05, 0) is 34.4 Å². The van der Waals surface area contributed by atoms with E-state index in [-0.39, 0.29) is 12.0 Å². The predicted molar refractivity (Wildman–Crippen MR) is 104 cm³/mol. The van der Waals surface area contributed by atoms with Gasteiger partial charge in [0.05, 0.1) is 11.0 Å². The van der Waals surface area contributed by atoms with Crippen LogP contribution in [0.1, 0.15) is 17.0 Å². The van der Waals surface area contributed by atoms with Crippen LogP contribution in [-0.2, 0) is 0 Å². The lowest BCUT2D eigenvalue weighted by molar-refractivity contribution is 0.727. The van der Waals surface area contributed by atoms with E-state index >= 15 is 0 Å². The topological polar surface area (TPSA) is 38.0 Å². The standard InChI is InChI=1S/C21H18N2S/c22-20-19(15-9-5-2-6-10-15)17-13-16(14-7-3-1-4-8-14)11-12-18(17)23-21(20)24/h1-13,19-20H,22H2,(H,23,24). The summed E-state index contributed by atoms with van der Waals surface area (Å²) in [6.45, 7) is 0. The van der Waals surface area contributed by atoms with Gasteiger partial charge < -0.3 is 11.1 Å². The zero-order valence-corrected chi connectivity index (χ0v) is 14.0. The summed E-state index contributed by atoms with van der Waals surface area (Å²) in [5, 5.41) is 3.29. The normalized spacial score (nSPS) is 19.5. The average Bonchev–Trinajstić information content (AvgIpc) is 2.64. The van der Waals surface area contributed by atoms with Crippen LogP contribution in [-0.4, -0.2) is 11.0 Å².